The fourth-order valence-electron chi connectivity index (χ4n) is 2.63. The predicted molar refractivity (Wildman–Crippen MR) is 71.5 cm³/mol. The molecular weight excluding hydrogens is 248 g/mol. The molecule has 0 unspecified atom stereocenters. The summed E-state index contributed by atoms with van der Waals surface area (Å²) in [6, 6.07) is 2.98. The van der Waals surface area contributed by atoms with Crippen molar-refractivity contribution in [2.75, 3.05) is 13.7 Å². The number of benzene rings is 1. The normalized spacial score (nSPS) is 15.9. The molecule has 1 aromatic rings. The molecule has 0 bridgehead atoms. The van der Waals surface area contributed by atoms with Crippen LogP contribution in [-0.2, 0) is 6.42 Å². The first-order chi connectivity index (χ1) is 9.20. The third-order valence-corrected chi connectivity index (χ3v) is 3.73. The van der Waals surface area contributed by atoms with E-state index in [4.69, 9.17) is 4.74 Å². The molecule has 1 aliphatic carbocycles. The minimum absolute atomic E-state index is 0.0367. The Labute approximate surface area is 113 Å². The highest BCUT2D eigenvalue weighted by molar-refractivity contribution is 5.30. The summed E-state index contributed by atoms with van der Waals surface area (Å²) in [5.74, 6) is -0.924. The Kier molecular flexibility index (Phi) is 5.14. The lowest BCUT2D eigenvalue weighted by Gasteiger charge is -2.12. The first-order valence-electron chi connectivity index (χ1n) is 6.96. The van der Waals surface area contributed by atoms with E-state index < -0.39 is 5.82 Å². The molecule has 0 amide bonds. The van der Waals surface area contributed by atoms with Gasteiger partial charge in [0.1, 0.15) is 5.82 Å². The molecule has 0 aliphatic heterocycles. The topological polar surface area (TPSA) is 21.3 Å². The van der Waals surface area contributed by atoms with E-state index in [9.17, 15) is 8.78 Å². The number of halogens is 2. The van der Waals surface area contributed by atoms with E-state index in [-0.39, 0.29) is 11.6 Å². The van der Waals surface area contributed by atoms with E-state index in [0.717, 1.165) is 19.0 Å². The first-order valence-corrected chi connectivity index (χ1v) is 6.96. The molecular formula is C15H21F2NO. The minimum Gasteiger partial charge on any atom is -0.494 e. The number of rotatable bonds is 6. The molecule has 1 aliphatic rings. The van der Waals surface area contributed by atoms with Crippen molar-refractivity contribution in [3.63, 3.8) is 0 Å². The fourth-order valence-corrected chi connectivity index (χ4v) is 2.63. The van der Waals surface area contributed by atoms with Crippen molar-refractivity contribution in [1.29, 1.82) is 0 Å². The Morgan fingerprint density at radius 2 is 1.95 bits per heavy atom. The molecule has 0 aromatic heterocycles. The highest BCUT2D eigenvalue weighted by atomic mass is 19.1. The zero-order valence-electron chi connectivity index (χ0n) is 11.3. The van der Waals surface area contributed by atoms with Gasteiger partial charge in [0.25, 0.3) is 0 Å². The molecule has 1 fully saturated rings. The van der Waals surface area contributed by atoms with E-state index in [2.05, 4.69) is 5.32 Å². The van der Waals surface area contributed by atoms with Gasteiger partial charge in [-0.3, -0.25) is 0 Å². The van der Waals surface area contributed by atoms with Gasteiger partial charge in [-0.25, -0.2) is 8.78 Å². The Morgan fingerprint density at radius 1 is 1.21 bits per heavy atom. The fraction of sp³-hybridized carbons (Fsp3) is 0.600. The van der Waals surface area contributed by atoms with Crippen LogP contribution in [-0.4, -0.2) is 19.7 Å². The van der Waals surface area contributed by atoms with Crippen molar-refractivity contribution in [3.8, 4) is 5.75 Å². The van der Waals surface area contributed by atoms with Gasteiger partial charge < -0.3 is 10.1 Å². The summed E-state index contributed by atoms with van der Waals surface area (Å²) in [6.07, 6.45) is 6.45. The third kappa shape index (κ3) is 3.90. The molecule has 0 spiro atoms. The number of methoxy groups -OCH3 is 1. The van der Waals surface area contributed by atoms with Gasteiger partial charge in [-0.05, 0) is 43.9 Å². The molecule has 19 heavy (non-hydrogen) atoms. The number of nitrogens with one attached hydrogen (secondary N) is 1. The Hall–Kier alpha value is -1.16. The van der Waals surface area contributed by atoms with E-state index in [1.807, 2.05) is 0 Å². The SMILES string of the molecule is COc1cc(F)c(CCCNC2CCCC2)cc1F. The highest BCUT2D eigenvalue weighted by Gasteiger charge is 2.14. The van der Waals surface area contributed by atoms with Crippen molar-refractivity contribution >= 4 is 0 Å². The van der Waals surface area contributed by atoms with Gasteiger partial charge >= 0.3 is 0 Å². The van der Waals surface area contributed by atoms with Gasteiger partial charge in [0.2, 0.25) is 0 Å². The van der Waals surface area contributed by atoms with E-state index in [1.54, 1.807) is 0 Å². The summed E-state index contributed by atoms with van der Waals surface area (Å²) in [4.78, 5) is 0. The van der Waals surface area contributed by atoms with Gasteiger partial charge in [-0.15, -0.1) is 0 Å². The summed E-state index contributed by atoms with van der Waals surface area (Å²) >= 11 is 0. The van der Waals surface area contributed by atoms with Crippen molar-refractivity contribution in [3.05, 3.63) is 29.3 Å². The Balaban J connectivity index is 1.80. The van der Waals surface area contributed by atoms with Gasteiger partial charge in [0.15, 0.2) is 11.6 Å². The lowest BCUT2D eigenvalue weighted by molar-refractivity contribution is 0.381. The van der Waals surface area contributed by atoms with Crippen molar-refractivity contribution in [2.24, 2.45) is 0 Å². The number of aryl methyl sites for hydroxylation is 1. The molecule has 1 aromatic carbocycles. The van der Waals surface area contributed by atoms with E-state index >= 15 is 0 Å². The monoisotopic (exact) mass is 269 g/mol. The number of hydrogen-bond acceptors (Lipinski definition) is 2. The largest absolute Gasteiger partial charge is 0.494 e. The van der Waals surface area contributed by atoms with Crippen LogP contribution < -0.4 is 10.1 Å². The van der Waals surface area contributed by atoms with Crippen LogP contribution in [0.25, 0.3) is 0 Å². The quantitative estimate of drug-likeness (QED) is 0.799. The van der Waals surface area contributed by atoms with Crippen LogP contribution in [0.5, 0.6) is 5.75 Å². The number of hydrogen-bond donors (Lipinski definition) is 1. The smallest absolute Gasteiger partial charge is 0.165 e. The van der Waals surface area contributed by atoms with Crippen LogP contribution in [0.4, 0.5) is 8.78 Å². The summed E-state index contributed by atoms with van der Waals surface area (Å²) < 4.78 is 31.9. The second-order valence-electron chi connectivity index (χ2n) is 5.12. The summed E-state index contributed by atoms with van der Waals surface area (Å²) in [5, 5.41) is 3.47. The summed E-state index contributed by atoms with van der Waals surface area (Å²) in [5.41, 5.74) is 0.423. The van der Waals surface area contributed by atoms with Crippen molar-refractivity contribution in [1.82, 2.24) is 5.32 Å². The van der Waals surface area contributed by atoms with Gasteiger partial charge in [-0.2, -0.15) is 0 Å². The first kappa shape index (κ1) is 14.3. The van der Waals surface area contributed by atoms with Gasteiger partial charge in [0.05, 0.1) is 7.11 Å². The van der Waals surface area contributed by atoms with Crippen LogP contribution in [0, 0.1) is 11.6 Å². The highest BCUT2D eigenvalue weighted by Crippen LogP contribution is 2.22. The van der Waals surface area contributed by atoms with Crippen LogP contribution in [0.15, 0.2) is 12.1 Å². The average molecular weight is 269 g/mol. The Morgan fingerprint density at radius 3 is 2.63 bits per heavy atom. The van der Waals surface area contributed by atoms with E-state index in [0.29, 0.717) is 18.0 Å². The molecule has 0 atom stereocenters. The lowest BCUT2D eigenvalue weighted by atomic mass is 10.1. The predicted octanol–water partition coefficient (Wildman–Crippen LogP) is 3.44. The maximum atomic E-state index is 13.7. The maximum Gasteiger partial charge on any atom is 0.165 e. The van der Waals surface area contributed by atoms with Crippen LogP contribution in [0.2, 0.25) is 0 Å². The molecule has 0 radical (unpaired) electrons. The molecule has 4 heteroatoms. The zero-order valence-corrected chi connectivity index (χ0v) is 11.3. The average Bonchev–Trinajstić information content (AvgIpc) is 2.91. The lowest BCUT2D eigenvalue weighted by Crippen LogP contribution is -2.27. The summed E-state index contributed by atoms with van der Waals surface area (Å²) in [7, 11) is 1.34. The van der Waals surface area contributed by atoms with Crippen LogP contribution in [0.3, 0.4) is 0 Å². The standard InChI is InChI=1S/C15H21F2NO/c1-19-15-10-13(16)11(9-14(15)17)5-4-8-18-12-6-2-3-7-12/h9-10,12,18H,2-8H2,1H3. The maximum absolute atomic E-state index is 13.7. The van der Waals surface area contributed by atoms with Gasteiger partial charge in [0, 0.05) is 12.1 Å². The minimum atomic E-state index is -0.498. The Bertz CT molecular complexity index is 417. The zero-order chi connectivity index (χ0) is 13.7. The molecule has 2 nitrogen and oxygen atoms in total. The molecule has 0 heterocycles. The molecule has 1 saturated carbocycles. The third-order valence-electron chi connectivity index (χ3n) is 3.73. The summed E-state index contributed by atoms with van der Waals surface area (Å²) in [6.45, 7) is 0.859. The molecule has 1 N–H and O–H groups in total. The molecule has 106 valence electrons. The second kappa shape index (κ2) is 6.85. The van der Waals surface area contributed by atoms with Crippen LogP contribution >= 0.6 is 0 Å². The number of ether oxygens (including phenoxy) is 1. The van der Waals surface area contributed by atoms with Crippen LogP contribution in [0.1, 0.15) is 37.7 Å². The van der Waals surface area contributed by atoms with Gasteiger partial charge in [-0.1, -0.05) is 12.8 Å². The van der Waals surface area contributed by atoms with E-state index in [1.165, 1.54) is 38.9 Å². The van der Waals surface area contributed by atoms with Crippen molar-refractivity contribution in [2.45, 2.75) is 44.6 Å². The second-order valence-corrected chi connectivity index (χ2v) is 5.12. The molecule has 0 saturated heterocycles. The van der Waals surface area contributed by atoms with Crippen molar-refractivity contribution < 1.29 is 13.5 Å². The molecule has 2 rings (SSSR count).